The number of benzene rings is 1. The Morgan fingerprint density at radius 2 is 1.94 bits per heavy atom. The number of hydrazine groups is 1. The van der Waals surface area contributed by atoms with Crippen LogP contribution in [0.2, 0.25) is 0 Å². The second kappa shape index (κ2) is 5.12. The van der Waals surface area contributed by atoms with Gasteiger partial charge in [-0.05, 0) is 19.1 Å². The molecule has 2 rings (SSSR count). The molecule has 90 valence electrons. The number of aromatic nitrogens is 2. The summed E-state index contributed by atoms with van der Waals surface area (Å²) in [5.74, 6) is 1.01. The maximum atomic E-state index is 4.38. The van der Waals surface area contributed by atoms with Gasteiger partial charge in [0.1, 0.15) is 5.82 Å². The van der Waals surface area contributed by atoms with Gasteiger partial charge in [-0.15, -0.1) is 0 Å². The van der Waals surface area contributed by atoms with Crippen molar-refractivity contribution in [2.75, 3.05) is 14.1 Å². The summed E-state index contributed by atoms with van der Waals surface area (Å²) in [5.41, 5.74) is 5.56. The van der Waals surface area contributed by atoms with E-state index in [9.17, 15) is 0 Å². The highest BCUT2D eigenvalue weighted by molar-refractivity contribution is 5.35. The highest BCUT2D eigenvalue weighted by Gasteiger charge is 2.07. The highest BCUT2D eigenvalue weighted by Crippen LogP contribution is 2.14. The number of hydrogen-bond donors (Lipinski definition) is 1. The van der Waals surface area contributed by atoms with Crippen molar-refractivity contribution in [1.82, 2.24) is 20.0 Å². The number of hydrogen-bond acceptors (Lipinski definition) is 3. The van der Waals surface area contributed by atoms with E-state index in [1.54, 1.807) is 0 Å². The van der Waals surface area contributed by atoms with Crippen LogP contribution in [0.5, 0.6) is 0 Å². The fourth-order valence-corrected chi connectivity index (χ4v) is 1.78. The summed E-state index contributed by atoms with van der Waals surface area (Å²) in [6, 6.07) is 10.3. The molecular weight excluding hydrogens is 212 g/mol. The molecule has 0 aliphatic carbocycles. The van der Waals surface area contributed by atoms with Gasteiger partial charge < -0.3 is 0 Å². The molecule has 1 N–H and O–H groups in total. The van der Waals surface area contributed by atoms with Gasteiger partial charge in [-0.2, -0.15) is 0 Å². The van der Waals surface area contributed by atoms with Gasteiger partial charge in [-0.1, -0.05) is 18.2 Å². The standard InChI is InChI=1S/C13H18N4/c1-11-14-9-13(10-15-16(2)3)17(11)12-7-5-4-6-8-12/h4-9,15H,10H2,1-3H3. The minimum absolute atomic E-state index is 0.767. The van der Waals surface area contributed by atoms with Gasteiger partial charge in [-0.3, -0.25) is 9.58 Å². The lowest BCUT2D eigenvalue weighted by atomic mass is 10.3. The van der Waals surface area contributed by atoms with Gasteiger partial charge in [0.25, 0.3) is 0 Å². The summed E-state index contributed by atoms with van der Waals surface area (Å²) in [4.78, 5) is 4.38. The number of rotatable bonds is 4. The highest BCUT2D eigenvalue weighted by atomic mass is 15.5. The molecule has 0 unspecified atom stereocenters. The molecular formula is C13H18N4. The van der Waals surface area contributed by atoms with Crippen molar-refractivity contribution in [1.29, 1.82) is 0 Å². The van der Waals surface area contributed by atoms with Crippen molar-refractivity contribution < 1.29 is 0 Å². The van der Waals surface area contributed by atoms with E-state index in [0.717, 1.165) is 23.8 Å². The van der Waals surface area contributed by atoms with Crippen LogP contribution in [-0.2, 0) is 6.54 Å². The average molecular weight is 230 g/mol. The predicted molar refractivity (Wildman–Crippen MR) is 68.8 cm³/mol. The minimum atomic E-state index is 0.767. The smallest absolute Gasteiger partial charge is 0.110 e. The Hall–Kier alpha value is -1.65. The van der Waals surface area contributed by atoms with Crippen LogP contribution in [0.25, 0.3) is 5.69 Å². The second-order valence-electron chi connectivity index (χ2n) is 4.20. The van der Waals surface area contributed by atoms with Gasteiger partial charge in [0.15, 0.2) is 0 Å². The molecule has 0 aliphatic rings. The van der Waals surface area contributed by atoms with Crippen LogP contribution in [0.4, 0.5) is 0 Å². The lowest BCUT2D eigenvalue weighted by molar-refractivity contribution is 0.283. The molecule has 0 atom stereocenters. The number of aryl methyl sites for hydroxylation is 1. The maximum Gasteiger partial charge on any atom is 0.110 e. The molecule has 1 aromatic heterocycles. The molecule has 0 saturated heterocycles. The Labute approximate surface area is 102 Å². The third-order valence-electron chi connectivity index (χ3n) is 2.60. The molecule has 0 aliphatic heterocycles. The minimum Gasteiger partial charge on any atom is -0.300 e. The van der Waals surface area contributed by atoms with Crippen molar-refractivity contribution in [3.63, 3.8) is 0 Å². The molecule has 0 amide bonds. The number of nitrogens with zero attached hydrogens (tertiary/aromatic N) is 3. The molecule has 4 heteroatoms. The van der Waals surface area contributed by atoms with Crippen LogP contribution in [0, 0.1) is 6.92 Å². The van der Waals surface area contributed by atoms with Gasteiger partial charge in [0.05, 0.1) is 18.4 Å². The van der Waals surface area contributed by atoms with Crippen molar-refractivity contribution in [2.45, 2.75) is 13.5 Å². The zero-order valence-electron chi connectivity index (χ0n) is 10.5. The fraction of sp³-hybridized carbons (Fsp3) is 0.308. The fourth-order valence-electron chi connectivity index (χ4n) is 1.78. The third kappa shape index (κ3) is 2.72. The zero-order chi connectivity index (χ0) is 12.3. The SMILES string of the molecule is Cc1ncc(CNN(C)C)n1-c1ccccc1. The van der Waals surface area contributed by atoms with Crippen LogP contribution in [-0.4, -0.2) is 28.7 Å². The van der Waals surface area contributed by atoms with Crippen LogP contribution >= 0.6 is 0 Å². The predicted octanol–water partition coefficient (Wildman–Crippen LogP) is 1.75. The van der Waals surface area contributed by atoms with Gasteiger partial charge >= 0.3 is 0 Å². The molecule has 4 nitrogen and oxygen atoms in total. The van der Waals surface area contributed by atoms with E-state index < -0.39 is 0 Å². The second-order valence-corrected chi connectivity index (χ2v) is 4.20. The Balaban J connectivity index is 2.30. The van der Waals surface area contributed by atoms with Crippen LogP contribution in [0.1, 0.15) is 11.5 Å². The number of para-hydroxylation sites is 1. The van der Waals surface area contributed by atoms with E-state index in [0.29, 0.717) is 0 Å². The topological polar surface area (TPSA) is 33.1 Å². The molecule has 17 heavy (non-hydrogen) atoms. The molecule has 0 radical (unpaired) electrons. The van der Waals surface area contributed by atoms with Crippen molar-refractivity contribution in [3.8, 4) is 5.69 Å². The lowest BCUT2D eigenvalue weighted by Gasteiger charge is -2.14. The van der Waals surface area contributed by atoms with Crippen LogP contribution in [0.3, 0.4) is 0 Å². The molecule has 0 spiro atoms. The van der Waals surface area contributed by atoms with Crippen LogP contribution in [0.15, 0.2) is 36.5 Å². The summed E-state index contributed by atoms with van der Waals surface area (Å²) < 4.78 is 2.16. The van der Waals surface area contributed by atoms with Crippen LogP contribution < -0.4 is 5.43 Å². The first-order valence-electron chi connectivity index (χ1n) is 5.68. The maximum absolute atomic E-state index is 4.38. The van der Waals surface area contributed by atoms with Gasteiger partial charge in [0.2, 0.25) is 0 Å². The lowest BCUT2D eigenvalue weighted by Crippen LogP contribution is -2.30. The third-order valence-corrected chi connectivity index (χ3v) is 2.60. The van der Waals surface area contributed by atoms with E-state index in [-0.39, 0.29) is 0 Å². The monoisotopic (exact) mass is 230 g/mol. The molecule has 0 saturated carbocycles. The Morgan fingerprint density at radius 3 is 2.59 bits per heavy atom. The molecule has 2 aromatic rings. The number of nitrogens with one attached hydrogen (secondary N) is 1. The average Bonchev–Trinajstić information content (AvgIpc) is 2.69. The first-order chi connectivity index (χ1) is 8.18. The number of imidazole rings is 1. The summed E-state index contributed by atoms with van der Waals surface area (Å²) >= 11 is 0. The summed E-state index contributed by atoms with van der Waals surface area (Å²) in [6.45, 7) is 2.79. The summed E-state index contributed by atoms with van der Waals surface area (Å²) in [7, 11) is 3.96. The first kappa shape index (κ1) is 11.8. The van der Waals surface area contributed by atoms with Crippen molar-refractivity contribution >= 4 is 0 Å². The quantitative estimate of drug-likeness (QED) is 0.812. The Bertz CT molecular complexity index is 473. The molecule has 0 bridgehead atoms. The first-order valence-corrected chi connectivity index (χ1v) is 5.68. The normalized spacial score (nSPS) is 11.1. The van der Waals surface area contributed by atoms with Gasteiger partial charge in [0, 0.05) is 19.8 Å². The van der Waals surface area contributed by atoms with E-state index >= 15 is 0 Å². The molecule has 0 fully saturated rings. The zero-order valence-corrected chi connectivity index (χ0v) is 10.5. The van der Waals surface area contributed by atoms with E-state index in [1.165, 1.54) is 0 Å². The van der Waals surface area contributed by atoms with Gasteiger partial charge in [-0.25, -0.2) is 10.4 Å². The summed E-state index contributed by atoms with van der Waals surface area (Å²) in [6.07, 6.45) is 1.92. The van der Waals surface area contributed by atoms with Crippen molar-refractivity contribution in [2.24, 2.45) is 0 Å². The Morgan fingerprint density at radius 1 is 1.24 bits per heavy atom. The Kier molecular flexibility index (Phi) is 3.56. The summed E-state index contributed by atoms with van der Waals surface area (Å²) in [5, 5.41) is 1.94. The van der Waals surface area contributed by atoms with E-state index in [4.69, 9.17) is 0 Å². The van der Waals surface area contributed by atoms with Crippen molar-refractivity contribution in [3.05, 3.63) is 48.0 Å². The van der Waals surface area contributed by atoms with E-state index in [1.807, 2.05) is 50.4 Å². The van der Waals surface area contributed by atoms with E-state index in [2.05, 4.69) is 27.1 Å². The largest absolute Gasteiger partial charge is 0.300 e. The molecule has 1 aromatic carbocycles. The molecule has 1 heterocycles.